The third-order valence-corrected chi connectivity index (χ3v) is 4.25. The minimum atomic E-state index is -0.850. The average Bonchev–Trinajstić information content (AvgIpc) is 3.04. The highest BCUT2D eigenvalue weighted by Gasteiger charge is 2.26. The number of nitro groups is 1. The fourth-order valence-corrected chi connectivity index (χ4v) is 2.79. The van der Waals surface area contributed by atoms with Gasteiger partial charge < -0.3 is 0 Å². The zero-order valence-electron chi connectivity index (χ0n) is 15.9. The summed E-state index contributed by atoms with van der Waals surface area (Å²) in [5.41, 5.74) is -1.17. The van der Waals surface area contributed by atoms with E-state index in [0.29, 0.717) is 19.4 Å². The smallest absolute Gasteiger partial charge is 0.287 e. The highest BCUT2D eigenvalue weighted by molar-refractivity contribution is 5.71. The summed E-state index contributed by atoms with van der Waals surface area (Å²) in [5.74, 6) is 0. The summed E-state index contributed by atoms with van der Waals surface area (Å²) in [6, 6.07) is 0. The summed E-state index contributed by atoms with van der Waals surface area (Å²) in [4.78, 5) is 36.5. The first kappa shape index (κ1) is 20.3. The van der Waals surface area contributed by atoms with Crippen molar-refractivity contribution in [2.45, 2.75) is 52.6 Å². The van der Waals surface area contributed by atoms with Gasteiger partial charge in [-0.1, -0.05) is 26.7 Å². The molecule has 0 saturated heterocycles. The standard InChI is InChI=1S/C18H25N5O4/c1-4-6-10-21-15(9-8-14-12-19-20(3)13-14)16(23(26)27)17(24)22(18(21)25)11-7-5-2/h8-9,12-13H,4-7,10-11H2,1-3H3. The van der Waals surface area contributed by atoms with Crippen molar-refractivity contribution in [3.63, 3.8) is 0 Å². The maximum atomic E-state index is 12.9. The fourth-order valence-electron chi connectivity index (χ4n) is 2.79. The van der Waals surface area contributed by atoms with Crippen LogP contribution in [0.1, 0.15) is 50.8 Å². The lowest BCUT2D eigenvalue weighted by Gasteiger charge is -2.13. The predicted octanol–water partition coefficient (Wildman–Crippen LogP) is 2.42. The van der Waals surface area contributed by atoms with E-state index in [0.717, 1.165) is 23.0 Å². The second kappa shape index (κ2) is 9.11. The molecule has 0 bridgehead atoms. The number of rotatable bonds is 9. The van der Waals surface area contributed by atoms with Crippen LogP contribution >= 0.6 is 0 Å². The van der Waals surface area contributed by atoms with Crippen molar-refractivity contribution in [1.82, 2.24) is 18.9 Å². The second-order valence-corrected chi connectivity index (χ2v) is 6.37. The Hall–Kier alpha value is -2.97. The van der Waals surface area contributed by atoms with Crippen LogP contribution in [0.4, 0.5) is 5.69 Å². The first-order valence-corrected chi connectivity index (χ1v) is 9.09. The zero-order chi connectivity index (χ0) is 20.0. The lowest BCUT2D eigenvalue weighted by molar-refractivity contribution is -0.387. The molecule has 0 amide bonds. The minimum absolute atomic E-state index is 0.0278. The van der Waals surface area contributed by atoms with E-state index in [2.05, 4.69) is 5.10 Å². The highest BCUT2D eigenvalue weighted by atomic mass is 16.6. The predicted molar refractivity (Wildman–Crippen MR) is 104 cm³/mol. The molecule has 9 nitrogen and oxygen atoms in total. The molecular formula is C18H25N5O4. The maximum Gasteiger partial charge on any atom is 0.357 e. The number of nitrogens with zero attached hydrogens (tertiary/aromatic N) is 5. The zero-order valence-corrected chi connectivity index (χ0v) is 15.9. The summed E-state index contributed by atoms with van der Waals surface area (Å²) in [5, 5.41) is 15.7. The van der Waals surface area contributed by atoms with Crippen molar-refractivity contribution in [2.24, 2.45) is 7.05 Å². The van der Waals surface area contributed by atoms with E-state index < -0.39 is 21.9 Å². The van der Waals surface area contributed by atoms with Gasteiger partial charge in [-0.3, -0.25) is 28.7 Å². The van der Waals surface area contributed by atoms with Gasteiger partial charge in [-0.15, -0.1) is 0 Å². The molecule has 0 aromatic carbocycles. The van der Waals surface area contributed by atoms with Crippen molar-refractivity contribution >= 4 is 17.8 Å². The van der Waals surface area contributed by atoms with Gasteiger partial charge in [0.25, 0.3) is 0 Å². The molecule has 0 aliphatic heterocycles. The van der Waals surface area contributed by atoms with Gasteiger partial charge in [0.2, 0.25) is 0 Å². The van der Waals surface area contributed by atoms with Gasteiger partial charge in [-0.05, 0) is 25.0 Å². The minimum Gasteiger partial charge on any atom is -0.287 e. The molecule has 27 heavy (non-hydrogen) atoms. The Morgan fingerprint density at radius 3 is 2.26 bits per heavy atom. The molecule has 0 atom stereocenters. The largest absolute Gasteiger partial charge is 0.357 e. The van der Waals surface area contributed by atoms with Gasteiger partial charge >= 0.3 is 16.9 Å². The third kappa shape index (κ3) is 4.60. The van der Waals surface area contributed by atoms with Crippen molar-refractivity contribution in [3.05, 3.63) is 54.6 Å². The van der Waals surface area contributed by atoms with Gasteiger partial charge in [0, 0.05) is 31.9 Å². The molecule has 0 aliphatic rings. The van der Waals surface area contributed by atoms with Crippen LogP contribution in [0.3, 0.4) is 0 Å². The monoisotopic (exact) mass is 375 g/mol. The number of hydrogen-bond acceptors (Lipinski definition) is 5. The quantitative estimate of drug-likeness (QED) is 0.494. The number of aryl methyl sites for hydroxylation is 1. The fraction of sp³-hybridized carbons (Fsp3) is 0.500. The molecular weight excluding hydrogens is 350 g/mol. The molecule has 0 fully saturated rings. The summed E-state index contributed by atoms with van der Waals surface area (Å²) < 4.78 is 3.92. The van der Waals surface area contributed by atoms with Crippen LogP contribution in [0.5, 0.6) is 0 Å². The maximum absolute atomic E-state index is 12.9. The molecule has 146 valence electrons. The molecule has 0 unspecified atom stereocenters. The van der Waals surface area contributed by atoms with Crippen LogP contribution in [-0.2, 0) is 20.1 Å². The number of aromatic nitrogens is 4. The van der Waals surface area contributed by atoms with Crippen LogP contribution in [0.2, 0.25) is 0 Å². The summed E-state index contributed by atoms with van der Waals surface area (Å²) in [6.07, 6.45) is 9.28. The van der Waals surface area contributed by atoms with E-state index in [1.807, 2.05) is 13.8 Å². The first-order valence-electron chi connectivity index (χ1n) is 9.09. The van der Waals surface area contributed by atoms with Gasteiger partial charge in [-0.2, -0.15) is 5.10 Å². The van der Waals surface area contributed by atoms with Gasteiger partial charge in [0.1, 0.15) is 5.69 Å². The van der Waals surface area contributed by atoms with Gasteiger partial charge in [-0.25, -0.2) is 4.79 Å². The van der Waals surface area contributed by atoms with Crippen molar-refractivity contribution in [3.8, 4) is 0 Å². The molecule has 0 N–H and O–H groups in total. The molecule has 0 spiro atoms. The Balaban J connectivity index is 2.70. The SMILES string of the molecule is CCCCn1c(C=Cc2cnn(C)c2)c([N+](=O)[O-])c(=O)n(CCCC)c1=O. The van der Waals surface area contributed by atoms with E-state index >= 15 is 0 Å². The van der Waals surface area contributed by atoms with E-state index in [1.54, 1.807) is 30.2 Å². The van der Waals surface area contributed by atoms with Crippen LogP contribution in [0.25, 0.3) is 12.2 Å². The second-order valence-electron chi connectivity index (χ2n) is 6.37. The van der Waals surface area contributed by atoms with Crippen LogP contribution in [0, 0.1) is 10.1 Å². The summed E-state index contributed by atoms with van der Waals surface area (Å²) in [6.45, 7) is 4.39. The van der Waals surface area contributed by atoms with E-state index in [4.69, 9.17) is 0 Å². The van der Waals surface area contributed by atoms with Crippen LogP contribution in [0.15, 0.2) is 22.0 Å². The van der Waals surface area contributed by atoms with E-state index in [1.165, 1.54) is 10.6 Å². The van der Waals surface area contributed by atoms with Gasteiger partial charge in [0.15, 0.2) is 0 Å². The third-order valence-electron chi connectivity index (χ3n) is 4.25. The van der Waals surface area contributed by atoms with E-state index in [-0.39, 0.29) is 12.2 Å². The Bertz CT molecular complexity index is 952. The summed E-state index contributed by atoms with van der Waals surface area (Å²) >= 11 is 0. The lowest BCUT2D eigenvalue weighted by atomic mass is 10.2. The van der Waals surface area contributed by atoms with Crippen LogP contribution < -0.4 is 11.2 Å². The number of hydrogen-bond donors (Lipinski definition) is 0. The van der Waals surface area contributed by atoms with E-state index in [9.17, 15) is 19.7 Å². The van der Waals surface area contributed by atoms with Gasteiger partial charge in [0.05, 0.1) is 11.1 Å². The average molecular weight is 375 g/mol. The number of unbranched alkanes of at least 4 members (excludes halogenated alkanes) is 2. The van der Waals surface area contributed by atoms with Crippen molar-refractivity contribution in [2.75, 3.05) is 0 Å². The normalized spacial score (nSPS) is 11.4. The molecule has 2 heterocycles. The Morgan fingerprint density at radius 2 is 1.74 bits per heavy atom. The first-order chi connectivity index (χ1) is 12.9. The molecule has 0 radical (unpaired) electrons. The lowest BCUT2D eigenvalue weighted by Crippen LogP contribution is -2.42. The molecule has 0 aliphatic carbocycles. The Morgan fingerprint density at radius 1 is 1.11 bits per heavy atom. The summed E-state index contributed by atoms with van der Waals surface area (Å²) in [7, 11) is 1.76. The molecule has 2 aromatic rings. The Labute approximate surface area is 156 Å². The molecule has 9 heteroatoms. The highest BCUT2D eigenvalue weighted by Crippen LogP contribution is 2.16. The molecule has 2 rings (SSSR count). The van der Waals surface area contributed by atoms with Crippen molar-refractivity contribution in [1.29, 1.82) is 0 Å². The molecule has 0 saturated carbocycles. The Kier molecular flexibility index (Phi) is 6.86. The van der Waals surface area contributed by atoms with Crippen molar-refractivity contribution < 1.29 is 4.92 Å². The molecule has 2 aromatic heterocycles. The topological polar surface area (TPSA) is 105 Å². The van der Waals surface area contributed by atoms with Crippen LogP contribution in [-0.4, -0.2) is 23.8 Å².